The maximum atomic E-state index is 13.6. The van der Waals surface area contributed by atoms with Crippen LogP contribution in [0.25, 0.3) is 0 Å². The molecule has 0 radical (unpaired) electrons. The van der Waals surface area contributed by atoms with Crippen LogP contribution in [0, 0.1) is 17.2 Å². The highest BCUT2D eigenvalue weighted by Gasteiger charge is 2.30. The predicted molar refractivity (Wildman–Crippen MR) is 98.3 cm³/mol. The summed E-state index contributed by atoms with van der Waals surface area (Å²) in [6.07, 6.45) is 5.96. The second kappa shape index (κ2) is 7.30. The lowest BCUT2D eigenvalue weighted by atomic mass is 10.1. The summed E-state index contributed by atoms with van der Waals surface area (Å²) in [6, 6.07) is 4.86. The molecular formula is C20H21F2N5O. The largest absolute Gasteiger partial charge is 0.476 e. The molecule has 1 aliphatic heterocycles. The predicted octanol–water partition coefficient (Wildman–Crippen LogP) is 3.64. The van der Waals surface area contributed by atoms with Gasteiger partial charge in [0.25, 0.3) is 5.92 Å². The molecule has 8 heteroatoms. The van der Waals surface area contributed by atoms with Gasteiger partial charge in [-0.3, -0.25) is 0 Å². The van der Waals surface area contributed by atoms with Gasteiger partial charge in [0, 0.05) is 43.6 Å². The fourth-order valence-corrected chi connectivity index (χ4v) is 3.34. The van der Waals surface area contributed by atoms with Gasteiger partial charge in [0.2, 0.25) is 5.88 Å². The van der Waals surface area contributed by atoms with E-state index >= 15 is 0 Å². The van der Waals surface area contributed by atoms with Crippen LogP contribution in [0.2, 0.25) is 0 Å². The van der Waals surface area contributed by atoms with E-state index in [1.807, 2.05) is 4.90 Å². The number of halogens is 2. The standard InChI is InChI=1S/C20H21F2N5O/c1-20(21,22)16-4-6-24-17(8-16)27-7-5-13(11-27)12-28-19-15(9-23)10-25-18(26-19)14-2-3-14/h4,6,8,10,13-14H,2-3,5,7,11-12H2,1H3/t13-/m0/s1. The minimum absolute atomic E-state index is 0.0375. The number of hydrogen-bond acceptors (Lipinski definition) is 6. The van der Waals surface area contributed by atoms with Gasteiger partial charge in [-0.05, 0) is 31.4 Å². The summed E-state index contributed by atoms with van der Waals surface area (Å²) in [6.45, 7) is 2.68. The van der Waals surface area contributed by atoms with E-state index in [-0.39, 0.29) is 11.5 Å². The SMILES string of the molecule is CC(F)(F)c1ccnc(N2CC[C@H](COc3nc(C4CC4)ncc3C#N)C2)c1. The summed E-state index contributed by atoms with van der Waals surface area (Å²) in [5.41, 5.74) is 0.295. The Kier molecular flexibility index (Phi) is 4.84. The van der Waals surface area contributed by atoms with E-state index in [0.29, 0.717) is 36.3 Å². The summed E-state index contributed by atoms with van der Waals surface area (Å²) < 4.78 is 33.0. The first kappa shape index (κ1) is 18.5. The summed E-state index contributed by atoms with van der Waals surface area (Å²) in [5.74, 6) is -0.671. The van der Waals surface area contributed by atoms with Gasteiger partial charge in [0.1, 0.15) is 23.3 Å². The van der Waals surface area contributed by atoms with Crippen LogP contribution in [-0.4, -0.2) is 34.6 Å². The number of hydrogen-bond donors (Lipinski definition) is 0. The number of nitriles is 1. The molecule has 2 fully saturated rings. The monoisotopic (exact) mass is 385 g/mol. The third kappa shape index (κ3) is 4.03. The minimum atomic E-state index is -2.89. The van der Waals surface area contributed by atoms with Crippen LogP contribution in [-0.2, 0) is 5.92 Å². The molecule has 0 aromatic carbocycles. The van der Waals surface area contributed by atoms with Crippen molar-refractivity contribution in [3.8, 4) is 11.9 Å². The Labute approximate surface area is 162 Å². The quantitative estimate of drug-likeness (QED) is 0.756. The van der Waals surface area contributed by atoms with E-state index in [9.17, 15) is 14.0 Å². The summed E-state index contributed by atoms with van der Waals surface area (Å²) in [4.78, 5) is 14.9. The summed E-state index contributed by atoms with van der Waals surface area (Å²) in [5, 5.41) is 9.25. The fraction of sp³-hybridized carbons (Fsp3) is 0.500. The smallest absolute Gasteiger partial charge is 0.270 e. The van der Waals surface area contributed by atoms with E-state index in [1.165, 1.54) is 24.5 Å². The topological polar surface area (TPSA) is 74.9 Å². The first-order chi connectivity index (χ1) is 13.4. The Morgan fingerprint density at radius 3 is 2.86 bits per heavy atom. The van der Waals surface area contributed by atoms with Crippen molar-refractivity contribution < 1.29 is 13.5 Å². The number of pyridine rings is 1. The Morgan fingerprint density at radius 1 is 1.32 bits per heavy atom. The number of nitrogens with zero attached hydrogens (tertiary/aromatic N) is 5. The normalized spacial score (nSPS) is 19.5. The molecule has 2 aromatic heterocycles. The molecule has 0 amide bonds. The molecule has 4 rings (SSSR count). The molecule has 3 heterocycles. The zero-order valence-corrected chi connectivity index (χ0v) is 15.6. The Hall–Kier alpha value is -2.82. The van der Waals surface area contributed by atoms with E-state index in [1.54, 1.807) is 0 Å². The van der Waals surface area contributed by atoms with Crippen LogP contribution in [0.3, 0.4) is 0 Å². The van der Waals surface area contributed by atoms with Gasteiger partial charge < -0.3 is 9.64 Å². The highest BCUT2D eigenvalue weighted by molar-refractivity contribution is 5.43. The minimum Gasteiger partial charge on any atom is -0.476 e. The maximum absolute atomic E-state index is 13.6. The number of rotatable bonds is 6. The second-order valence-corrected chi connectivity index (χ2v) is 7.54. The number of aromatic nitrogens is 3. The average Bonchev–Trinajstić information content (AvgIpc) is 3.43. The molecule has 0 bridgehead atoms. The van der Waals surface area contributed by atoms with Gasteiger partial charge >= 0.3 is 0 Å². The average molecular weight is 385 g/mol. The molecule has 2 aliphatic rings. The van der Waals surface area contributed by atoms with E-state index in [0.717, 1.165) is 38.6 Å². The van der Waals surface area contributed by atoms with Crippen LogP contribution in [0.5, 0.6) is 5.88 Å². The number of alkyl halides is 2. The molecule has 146 valence electrons. The van der Waals surface area contributed by atoms with Crippen LogP contribution in [0.15, 0.2) is 24.5 Å². The molecule has 1 atom stereocenters. The molecule has 1 aliphatic carbocycles. The zero-order chi connectivity index (χ0) is 19.7. The lowest BCUT2D eigenvalue weighted by molar-refractivity contribution is 0.0174. The van der Waals surface area contributed by atoms with Gasteiger partial charge in [-0.25, -0.2) is 18.7 Å². The second-order valence-electron chi connectivity index (χ2n) is 7.54. The highest BCUT2D eigenvalue weighted by Crippen LogP contribution is 2.38. The zero-order valence-electron chi connectivity index (χ0n) is 15.6. The number of anilines is 1. The van der Waals surface area contributed by atoms with E-state index in [2.05, 4.69) is 21.0 Å². The van der Waals surface area contributed by atoms with Crippen LogP contribution < -0.4 is 9.64 Å². The third-order valence-electron chi connectivity index (χ3n) is 5.15. The molecule has 1 saturated heterocycles. The van der Waals surface area contributed by atoms with Crippen LogP contribution in [0.1, 0.15) is 49.1 Å². The van der Waals surface area contributed by atoms with Crippen molar-refractivity contribution in [2.45, 2.75) is 38.0 Å². The molecule has 28 heavy (non-hydrogen) atoms. The van der Waals surface area contributed by atoms with Gasteiger partial charge in [-0.2, -0.15) is 10.2 Å². The molecule has 0 N–H and O–H groups in total. The molecule has 0 unspecified atom stereocenters. The third-order valence-corrected chi connectivity index (χ3v) is 5.15. The molecule has 1 saturated carbocycles. The van der Waals surface area contributed by atoms with Crippen molar-refractivity contribution in [2.75, 3.05) is 24.6 Å². The van der Waals surface area contributed by atoms with Gasteiger partial charge in [0.05, 0.1) is 12.8 Å². The van der Waals surface area contributed by atoms with Crippen molar-refractivity contribution in [2.24, 2.45) is 5.92 Å². The molecule has 6 nitrogen and oxygen atoms in total. The van der Waals surface area contributed by atoms with Crippen molar-refractivity contribution in [1.82, 2.24) is 15.0 Å². The van der Waals surface area contributed by atoms with Crippen LogP contribution in [0.4, 0.5) is 14.6 Å². The van der Waals surface area contributed by atoms with Crippen molar-refractivity contribution in [1.29, 1.82) is 5.26 Å². The van der Waals surface area contributed by atoms with Crippen molar-refractivity contribution >= 4 is 5.82 Å². The van der Waals surface area contributed by atoms with Gasteiger partial charge in [0.15, 0.2) is 0 Å². The Bertz CT molecular complexity index is 904. The fourth-order valence-electron chi connectivity index (χ4n) is 3.34. The van der Waals surface area contributed by atoms with Crippen molar-refractivity contribution in [3.63, 3.8) is 0 Å². The Balaban J connectivity index is 1.39. The lowest BCUT2D eigenvalue weighted by Gasteiger charge is -2.19. The van der Waals surface area contributed by atoms with E-state index in [4.69, 9.17) is 4.74 Å². The maximum Gasteiger partial charge on any atom is 0.270 e. The summed E-state index contributed by atoms with van der Waals surface area (Å²) in [7, 11) is 0. The molecule has 0 spiro atoms. The lowest BCUT2D eigenvalue weighted by Crippen LogP contribution is -2.23. The highest BCUT2D eigenvalue weighted by atomic mass is 19.3. The van der Waals surface area contributed by atoms with Gasteiger partial charge in [-0.1, -0.05) is 0 Å². The molecule has 2 aromatic rings. The van der Waals surface area contributed by atoms with Crippen molar-refractivity contribution in [3.05, 3.63) is 41.5 Å². The molecular weight excluding hydrogens is 364 g/mol. The Morgan fingerprint density at radius 2 is 2.14 bits per heavy atom. The first-order valence-corrected chi connectivity index (χ1v) is 9.43. The van der Waals surface area contributed by atoms with Gasteiger partial charge in [-0.15, -0.1) is 0 Å². The first-order valence-electron chi connectivity index (χ1n) is 9.43. The van der Waals surface area contributed by atoms with Crippen LogP contribution >= 0.6 is 0 Å². The van der Waals surface area contributed by atoms with E-state index < -0.39 is 5.92 Å². The summed E-state index contributed by atoms with van der Waals surface area (Å²) >= 11 is 0. The number of ether oxygens (including phenoxy) is 1.